The molecule has 0 unspecified atom stereocenters. The molecule has 2 fully saturated rings. The van der Waals surface area contributed by atoms with Crippen molar-refractivity contribution in [3.63, 3.8) is 0 Å². The van der Waals surface area contributed by atoms with Crippen LogP contribution in [0.4, 0.5) is 5.82 Å². The van der Waals surface area contributed by atoms with E-state index in [1.165, 1.54) is 4.90 Å². The summed E-state index contributed by atoms with van der Waals surface area (Å²) in [5.74, 6) is 0.0124. The minimum atomic E-state index is -0.248. The lowest BCUT2D eigenvalue weighted by Gasteiger charge is -2.16. The third-order valence-corrected chi connectivity index (χ3v) is 5.06. The molecule has 4 atom stereocenters. The molecule has 1 saturated carbocycles. The Labute approximate surface area is 133 Å². The van der Waals surface area contributed by atoms with E-state index in [0.29, 0.717) is 5.82 Å². The fourth-order valence-electron chi connectivity index (χ4n) is 4.04. The molecule has 3 amide bonds. The summed E-state index contributed by atoms with van der Waals surface area (Å²) in [5.41, 5.74) is 0. The number of carbonyl (C=O) groups excluding carboxylic acids is 3. The van der Waals surface area contributed by atoms with Crippen molar-refractivity contribution in [2.24, 2.45) is 23.7 Å². The fraction of sp³-hybridized carbons (Fsp3) is 0.412. The fourth-order valence-corrected chi connectivity index (χ4v) is 4.04. The molecule has 1 aromatic heterocycles. The Bertz CT molecular complexity index is 670. The van der Waals surface area contributed by atoms with Gasteiger partial charge in [-0.05, 0) is 30.4 Å². The zero-order chi connectivity index (χ0) is 16.0. The summed E-state index contributed by atoms with van der Waals surface area (Å²) in [6, 6.07) is 5.23. The van der Waals surface area contributed by atoms with Gasteiger partial charge in [0.25, 0.3) is 0 Å². The molecule has 118 valence electrons. The lowest BCUT2D eigenvalue weighted by molar-refractivity contribution is -0.140. The number of nitrogens with one attached hydrogen (secondary N) is 1. The number of pyridine rings is 1. The summed E-state index contributed by atoms with van der Waals surface area (Å²) in [4.78, 5) is 42.2. The van der Waals surface area contributed by atoms with Crippen LogP contribution in [0.5, 0.6) is 0 Å². The molecule has 1 N–H and O–H groups in total. The number of fused-ring (bicyclic) bond motifs is 5. The topological polar surface area (TPSA) is 79.4 Å². The second-order valence-corrected chi connectivity index (χ2v) is 6.34. The number of rotatable bonds is 4. The highest BCUT2D eigenvalue weighted by Gasteiger charge is 2.58. The molecule has 2 aliphatic carbocycles. The molecule has 23 heavy (non-hydrogen) atoms. The van der Waals surface area contributed by atoms with Gasteiger partial charge in [0.15, 0.2) is 0 Å². The van der Waals surface area contributed by atoms with Gasteiger partial charge in [-0.2, -0.15) is 0 Å². The molecule has 2 bridgehead atoms. The summed E-state index contributed by atoms with van der Waals surface area (Å²) >= 11 is 0. The van der Waals surface area contributed by atoms with E-state index in [2.05, 4.69) is 22.5 Å². The Morgan fingerprint density at radius 2 is 1.87 bits per heavy atom. The van der Waals surface area contributed by atoms with E-state index in [9.17, 15) is 14.4 Å². The van der Waals surface area contributed by atoms with Gasteiger partial charge in [-0.1, -0.05) is 18.2 Å². The van der Waals surface area contributed by atoms with E-state index in [1.54, 1.807) is 24.4 Å². The SMILES string of the molecule is O=C(CCN1C(=O)[C@@H]2[C@@H](C1=O)[C@H]1C=C[C@H]2C1)Nc1ccccn1. The average Bonchev–Trinajstić information content (AvgIpc) is 3.22. The van der Waals surface area contributed by atoms with Crippen molar-refractivity contribution in [2.45, 2.75) is 12.8 Å². The van der Waals surface area contributed by atoms with Crippen molar-refractivity contribution < 1.29 is 14.4 Å². The smallest absolute Gasteiger partial charge is 0.233 e. The molecule has 1 aromatic rings. The van der Waals surface area contributed by atoms with Crippen LogP contribution in [0.25, 0.3) is 0 Å². The molecule has 0 aromatic carbocycles. The predicted octanol–water partition coefficient (Wildman–Crippen LogP) is 1.22. The number of aromatic nitrogens is 1. The number of nitrogens with zero attached hydrogens (tertiary/aromatic N) is 2. The summed E-state index contributed by atoms with van der Waals surface area (Å²) in [7, 11) is 0. The van der Waals surface area contributed by atoms with Crippen molar-refractivity contribution in [1.29, 1.82) is 0 Å². The molecule has 1 saturated heterocycles. The van der Waals surface area contributed by atoms with Crippen LogP contribution in [0.1, 0.15) is 12.8 Å². The number of imide groups is 1. The molecular formula is C17H17N3O3. The van der Waals surface area contributed by atoms with E-state index in [0.717, 1.165) is 6.42 Å². The zero-order valence-electron chi connectivity index (χ0n) is 12.5. The van der Waals surface area contributed by atoms with Gasteiger partial charge in [0.05, 0.1) is 11.8 Å². The first-order chi connectivity index (χ1) is 11.1. The highest BCUT2D eigenvalue weighted by molar-refractivity contribution is 6.06. The Morgan fingerprint density at radius 3 is 2.48 bits per heavy atom. The Kier molecular flexibility index (Phi) is 3.25. The number of carbonyl (C=O) groups is 3. The van der Waals surface area contributed by atoms with Gasteiger partial charge in [-0.3, -0.25) is 19.3 Å². The van der Waals surface area contributed by atoms with E-state index in [-0.39, 0.29) is 54.4 Å². The van der Waals surface area contributed by atoms with Crippen molar-refractivity contribution in [1.82, 2.24) is 9.88 Å². The molecule has 6 heteroatoms. The van der Waals surface area contributed by atoms with Gasteiger partial charge in [0, 0.05) is 19.2 Å². The summed E-state index contributed by atoms with van der Waals surface area (Å²) in [6.07, 6.45) is 6.73. The molecule has 0 radical (unpaired) electrons. The van der Waals surface area contributed by atoms with Crippen molar-refractivity contribution in [3.05, 3.63) is 36.5 Å². The van der Waals surface area contributed by atoms with Crippen LogP contribution in [-0.2, 0) is 14.4 Å². The van der Waals surface area contributed by atoms with Crippen molar-refractivity contribution >= 4 is 23.5 Å². The first-order valence-corrected chi connectivity index (χ1v) is 7.89. The first-order valence-electron chi connectivity index (χ1n) is 7.89. The second kappa shape index (κ2) is 5.30. The Hall–Kier alpha value is -2.50. The van der Waals surface area contributed by atoms with Gasteiger partial charge >= 0.3 is 0 Å². The minimum Gasteiger partial charge on any atom is -0.311 e. The maximum Gasteiger partial charge on any atom is 0.233 e. The van der Waals surface area contributed by atoms with Crippen LogP contribution in [0.3, 0.4) is 0 Å². The lowest BCUT2D eigenvalue weighted by atomic mass is 9.85. The van der Waals surface area contributed by atoms with E-state index < -0.39 is 0 Å². The van der Waals surface area contributed by atoms with Crippen molar-refractivity contribution in [3.8, 4) is 0 Å². The van der Waals surface area contributed by atoms with Gasteiger partial charge in [0.1, 0.15) is 5.82 Å². The largest absolute Gasteiger partial charge is 0.311 e. The Balaban J connectivity index is 1.38. The Morgan fingerprint density at radius 1 is 1.17 bits per heavy atom. The summed E-state index contributed by atoms with van der Waals surface area (Å²) < 4.78 is 0. The molecule has 2 heterocycles. The van der Waals surface area contributed by atoms with E-state index in [1.807, 2.05) is 0 Å². The normalized spacial score (nSPS) is 30.9. The van der Waals surface area contributed by atoms with Gasteiger partial charge in [0.2, 0.25) is 17.7 Å². The molecule has 4 rings (SSSR count). The molecular weight excluding hydrogens is 294 g/mol. The highest BCUT2D eigenvalue weighted by atomic mass is 16.2. The minimum absolute atomic E-state index is 0.0935. The number of hydrogen-bond donors (Lipinski definition) is 1. The first kappa shape index (κ1) is 14.1. The number of likely N-dealkylation sites (tertiary alicyclic amines) is 1. The molecule has 6 nitrogen and oxygen atoms in total. The van der Waals surface area contributed by atoms with Crippen LogP contribution in [0, 0.1) is 23.7 Å². The number of hydrogen-bond acceptors (Lipinski definition) is 4. The third-order valence-electron chi connectivity index (χ3n) is 5.06. The molecule has 0 spiro atoms. The van der Waals surface area contributed by atoms with E-state index in [4.69, 9.17) is 0 Å². The van der Waals surface area contributed by atoms with Crippen LogP contribution in [0.2, 0.25) is 0 Å². The van der Waals surface area contributed by atoms with Crippen LogP contribution < -0.4 is 5.32 Å². The van der Waals surface area contributed by atoms with Gasteiger partial charge in [-0.25, -0.2) is 4.98 Å². The lowest BCUT2D eigenvalue weighted by Crippen LogP contribution is -2.35. The molecule has 1 aliphatic heterocycles. The van der Waals surface area contributed by atoms with Gasteiger partial charge in [-0.15, -0.1) is 0 Å². The van der Waals surface area contributed by atoms with Crippen LogP contribution in [0.15, 0.2) is 36.5 Å². The van der Waals surface area contributed by atoms with E-state index >= 15 is 0 Å². The average molecular weight is 311 g/mol. The van der Waals surface area contributed by atoms with Crippen molar-refractivity contribution in [2.75, 3.05) is 11.9 Å². The van der Waals surface area contributed by atoms with Gasteiger partial charge < -0.3 is 5.32 Å². The standard InChI is InChI=1S/C17H17N3O3/c21-13(19-12-3-1-2-7-18-12)6-8-20-16(22)14-10-4-5-11(9-10)15(14)17(20)23/h1-5,7,10-11,14-15H,6,8-9H2,(H,18,19,21)/t10-,11-,14-,15-/m0/s1. The highest BCUT2D eigenvalue weighted by Crippen LogP contribution is 2.52. The number of amides is 3. The monoisotopic (exact) mass is 311 g/mol. The second-order valence-electron chi connectivity index (χ2n) is 6.34. The molecule has 3 aliphatic rings. The quantitative estimate of drug-likeness (QED) is 0.670. The number of allylic oxidation sites excluding steroid dienone is 2. The van der Waals surface area contributed by atoms with Crippen LogP contribution in [-0.4, -0.2) is 34.2 Å². The zero-order valence-corrected chi connectivity index (χ0v) is 12.5. The maximum atomic E-state index is 12.5. The summed E-state index contributed by atoms with van der Waals surface area (Å²) in [6.45, 7) is 0.142. The summed E-state index contributed by atoms with van der Waals surface area (Å²) in [5, 5.41) is 2.66. The predicted molar refractivity (Wildman–Crippen MR) is 81.9 cm³/mol. The third kappa shape index (κ3) is 2.25. The maximum absolute atomic E-state index is 12.5. The van der Waals surface area contributed by atoms with Crippen LogP contribution >= 0.6 is 0 Å². The number of anilines is 1.